The van der Waals surface area contributed by atoms with Gasteiger partial charge in [0.15, 0.2) is 11.5 Å². The molecule has 1 aliphatic heterocycles. The Balaban J connectivity index is 1.33. The van der Waals surface area contributed by atoms with Gasteiger partial charge in [0, 0.05) is 18.8 Å². The van der Waals surface area contributed by atoms with Crippen molar-refractivity contribution in [3.63, 3.8) is 0 Å². The highest BCUT2D eigenvalue weighted by molar-refractivity contribution is 7.90. The first kappa shape index (κ1) is 30.8. The second-order valence-corrected chi connectivity index (χ2v) is 12.4. The molecule has 1 atom stereocenters. The molecule has 0 N–H and O–H groups in total. The smallest absolute Gasteiger partial charge is 0.489 e. The van der Waals surface area contributed by atoms with Crippen molar-refractivity contribution in [1.29, 1.82) is 0 Å². The molecule has 3 aromatic rings. The lowest BCUT2D eigenvalue weighted by molar-refractivity contribution is -0.0515. The standard InChI is InChI=1S/C28H24Cl2F2N2O8S/c29-20-13-33-14-21(30)19(20)12-23(17-7-8-22(41-27(31)32)24(11-17)40-15-16-5-6-16)42-28(36)39-10-9-34-26(35)18-3-1-2-4-25(18)43(34,37)38/h1-4,7-8,11,13-14,16,23,27H,5-6,9-10,12,15H2/t23-/m0/s1. The number of halogens is 4. The molecule has 1 aliphatic carbocycles. The highest BCUT2D eigenvalue weighted by Gasteiger charge is 2.40. The summed E-state index contributed by atoms with van der Waals surface area (Å²) in [5.74, 6) is -0.607. The van der Waals surface area contributed by atoms with Gasteiger partial charge in [0.05, 0.1) is 28.8 Å². The quantitative estimate of drug-likeness (QED) is 0.214. The number of ether oxygens (including phenoxy) is 4. The molecule has 5 rings (SSSR count). The second kappa shape index (κ2) is 12.9. The average molecular weight is 657 g/mol. The number of carbonyl (C=O) groups is 2. The van der Waals surface area contributed by atoms with Crippen LogP contribution in [0.25, 0.3) is 0 Å². The van der Waals surface area contributed by atoms with Crippen molar-refractivity contribution in [2.45, 2.75) is 36.9 Å². The molecule has 0 unspecified atom stereocenters. The molecule has 1 fully saturated rings. The molecule has 2 aliphatic rings. The molecule has 0 spiro atoms. The minimum absolute atomic E-state index is 0.0234. The van der Waals surface area contributed by atoms with Crippen molar-refractivity contribution in [3.8, 4) is 11.5 Å². The number of aromatic nitrogens is 1. The normalized spacial score (nSPS) is 16.1. The van der Waals surface area contributed by atoms with Crippen LogP contribution in [-0.2, 0) is 25.9 Å². The SMILES string of the molecule is O=C(OCCN1C(=O)c2ccccc2S1(=O)=O)O[C@@H](Cc1c(Cl)cncc1Cl)c1ccc(OC(F)F)c(OCC2CC2)c1. The summed E-state index contributed by atoms with van der Waals surface area (Å²) in [4.78, 5) is 29.2. The molecule has 0 radical (unpaired) electrons. The van der Waals surface area contributed by atoms with Gasteiger partial charge in [-0.1, -0.05) is 41.4 Å². The van der Waals surface area contributed by atoms with E-state index < -0.39 is 48.0 Å². The van der Waals surface area contributed by atoms with E-state index in [1.54, 1.807) is 6.07 Å². The predicted molar refractivity (Wildman–Crippen MR) is 149 cm³/mol. The highest BCUT2D eigenvalue weighted by atomic mass is 35.5. The second-order valence-electron chi connectivity index (χ2n) is 9.71. The number of amides is 1. The first-order valence-electron chi connectivity index (χ1n) is 13.0. The number of hydrogen-bond acceptors (Lipinski definition) is 9. The number of fused-ring (bicyclic) bond motifs is 1. The Bertz CT molecular complexity index is 1620. The number of sulfonamides is 1. The van der Waals surface area contributed by atoms with Gasteiger partial charge in [0.25, 0.3) is 15.9 Å². The molecule has 0 bridgehead atoms. The molecule has 0 saturated heterocycles. The number of pyridine rings is 1. The molecular weight excluding hydrogens is 633 g/mol. The zero-order valence-electron chi connectivity index (χ0n) is 22.3. The highest BCUT2D eigenvalue weighted by Crippen LogP contribution is 2.38. The van der Waals surface area contributed by atoms with Gasteiger partial charge in [-0.2, -0.15) is 8.78 Å². The Morgan fingerprint density at radius 2 is 1.79 bits per heavy atom. The van der Waals surface area contributed by atoms with E-state index in [2.05, 4.69) is 9.72 Å². The molecule has 43 heavy (non-hydrogen) atoms. The number of hydrogen-bond donors (Lipinski definition) is 0. The van der Waals surface area contributed by atoms with Crippen LogP contribution in [0.5, 0.6) is 11.5 Å². The molecule has 1 saturated carbocycles. The third-order valence-electron chi connectivity index (χ3n) is 6.73. The van der Waals surface area contributed by atoms with Crippen molar-refractivity contribution >= 4 is 45.3 Å². The van der Waals surface area contributed by atoms with Crippen molar-refractivity contribution in [1.82, 2.24) is 9.29 Å². The Morgan fingerprint density at radius 3 is 2.47 bits per heavy atom. The molecule has 1 aromatic heterocycles. The topological polar surface area (TPSA) is 121 Å². The van der Waals surface area contributed by atoms with Crippen LogP contribution in [0.2, 0.25) is 10.0 Å². The van der Waals surface area contributed by atoms with Crippen LogP contribution in [-0.4, -0.2) is 56.1 Å². The summed E-state index contributed by atoms with van der Waals surface area (Å²) in [6, 6.07) is 9.84. The van der Waals surface area contributed by atoms with Crippen LogP contribution in [0, 0.1) is 5.92 Å². The fourth-order valence-corrected chi connectivity index (χ4v) is 6.46. The lowest BCUT2D eigenvalue weighted by atomic mass is 10.0. The van der Waals surface area contributed by atoms with Crippen LogP contribution >= 0.6 is 23.2 Å². The van der Waals surface area contributed by atoms with Gasteiger partial charge in [-0.3, -0.25) is 9.78 Å². The van der Waals surface area contributed by atoms with Crippen LogP contribution in [0.15, 0.2) is 59.8 Å². The van der Waals surface area contributed by atoms with Crippen LogP contribution in [0.1, 0.15) is 40.4 Å². The van der Waals surface area contributed by atoms with E-state index in [9.17, 15) is 26.8 Å². The van der Waals surface area contributed by atoms with E-state index in [4.69, 9.17) is 37.4 Å². The summed E-state index contributed by atoms with van der Waals surface area (Å²) in [7, 11) is -4.10. The zero-order chi connectivity index (χ0) is 30.7. The van der Waals surface area contributed by atoms with E-state index >= 15 is 0 Å². The minimum Gasteiger partial charge on any atom is -0.489 e. The number of rotatable bonds is 12. The monoisotopic (exact) mass is 656 g/mol. The number of nitrogens with zero attached hydrogens (tertiary/aromatic N) is 2. The largest absolute Gasteiger partial charge is 0.508 e. The lowest BCUT2D eigenvalue weighted by Gasteiger charge is -2.21. The molecule has 15 heteroatoms. The number of alkyl halides is 2. The Morgan fingerprint density at radius 1 is 1.07 bits per heavy atom. The summed E-state index contributed by atoms with van der Waals surface area (Å²) in [5, 5.41) is 0.379. The molecule has 10 nitrogen and oxygen atoms in total. The van der Waals surface area contributed by atoms with Crippen LogP contribution < -0.4 is 9.47 Å². The molecule has 2 heterocycles. The molecule has 228 valence electrons. The first-order chi connectivity index (χ1) is 20.5. The first-order valence-corrected chi connectivity index (χ1v) is 15.2. The van der Waals surface area contributed by atoms with Crippen molar-refractivity contribution in [2.75, 3.05) is 19.8 Å². The Hall–Kier alpha value is -3.68. The van der Waals surface area contributed by atoms with E-state index in [1.165, 1.54) is 48.8 Å². The van der Waals surface area contributed by atoms with Gasteiger partial charge in [0.2, 0.25) is 0 Å². The minimum atomic E-state index is -4.10. The molecule has 1 amide bonds. The number of benzene rings is 2. The third-order valence-corrected chi connectivity index (χ3v) is 9.23. The maximum atomic E-state index is 13.0. The summed E-state index contributed by atoms with van der Waals surface area (Å²) < 4.78 is 73.3. The molecular formula is C28H24Cl2F2N2O8S. The lowest BCUT2D eigenvalue weighted by Crippen LogP contribution is -2.33. The van der Waals surface area contributed by atoms with E-state index in [1.807, 2.05) is 0 Å². The number of carbonyl (C=O) groups excluding carboxylic acids is 2. The summed E-state index contributed by atoms with van der Waals surface area (Å²) in [6.45, 7) is -3.75. The predicted octanol–water partition coefficient (Wildman–Crippen LogP) is 6.06. The van der Waals surface area contributed by atoms with E-state index in [0.29, 0.717) is 28.0 Å². The summed E-state index contributed by atoms with van der Waals surface area (Å²) >= 11 is 12.6. The Labute approximate surface area is 255 Å². The average Bonchev–Trinajstić information content (AvgIpc) is 3.77. The maximum Gasteiger partial charge on any atom is 0.508 e. The van der Waals surface area contributed by atoms with Crippen molar-refractivity contribution in [3.05, 3.63) is 81.6 Å². The molecule has 2 aromatic carbocycles. The summed E-state index contributed by atoms with van der Waals surface area (Å²) in [6.07, 6.45) is 2.24. The van der Waals surface area contributed by atoms with Crippen LogP contribution in [0.4, 0.5) is 13.6 Å². The van der Waals surface area contributed by atoms with Gasteiger partial charge in [-0.25, -0.2) is 17.5 Å². The van der Waals surface area contributed by atoms with Gasteiger partial charge in [-0.15, -0.1) is 0 Å². The Kier molecular flexibility index (Phi) is 9.23. The van der Waals surface area contributed by atoms with Crippen LogP contribution in [0.3, 0.4) is 0 Å². The van der Waals surface area contributed by atoms with Crippen molar-refractivity contribution in [2.24, 2.45) is 5.92 Å². The van der Waals surface area contributed by atoms with E-state index in [0.717, 1.165) is 12.8 Å². The van der Waals surface area contributed by atoms with Gasteiger partial charge in [-0.05, 0) is 54.2 Å². The fourth-order valence-electron chi connectivity index (χ4n) is 4.38. The zero-order valence-corrected chi connectivity index (χ0v) is 24.6. The third kappa shape index (κ3) is 7.11. The summed E-state index contributed by atoms with van der Waals surface area (Å²) in [5.41, 5.74) is 0.729. The maximum absolute atomic E-state index is 13.0. The van der Waals surface area contributed by atoms with E-state index in [-0.39, 0.29) is 38.4 Å². The van der Waals surface area contributed by atoms with Gasteiger partial charge in [0.1, 0.15) is 17.6 Å². The van der Waals surface area contributed by atoms with Gasteiger partial charge >= 0.3 is 12.8 Å². The van der Waals surface area contributed by atoms with Crippen molar-refractivity contribution < 1.29 is 45.7 Å². The fraction of sp³-hybridized carbons (Fsp3) is 0.321. The van der Waals surface area contributed by atoms with Gasteiger partial charge < -0.3 is 18.9 Å².